The first-order chi connectivity index (χ1) is 6.70. The van der Waals surface area contributed by atoms with Gasteiger partial charge in [-0.25, -0.2) is 0 Å². The Morgan fingerprint density at radius 3 is 2.71 bits per heavy atom. The van der Waals surface area contributed by atoms with E-state index in [1.807, 2.05) is 13.0 Å². The van der Waals surface area contributed by atoms with Gasteiger partial charge in [-0.1, -0.05) is 19.4 Å². The minimum Gasteiger partial charge on any atom is -0.330 e. The Morgan fingerprint density at radius 1 is 1.43 bits per heavy atom. The Kier molecular flexibility index (Phi) is 8.54. The number of allylic oxidation sites excluding steroid dienone is 1. The fraction of sp³-hybridized carbons (Fsp3) is 0.750. The average molecular weight is 197 g/mol. The summed E-state index contributed by atoms with van der Waals surface area (Å²) in [7, 11) is 0. The molecule has 1 atom stereocenters. The van der Waals surface area contributed by atoms with Crippen LogP contribution in [0.1, 0.15) is 45.4 Å². The van der Waals surface area contributed by atoms with E-state index >= 15 is 0 Å². The fourth-order valence-corrected chi connectivity index (χ4v) is 1.36. The Hall–Kier alpha value is -0.630. The van der Waals surface area contributed by atoms with E-state index in [1.54, 1.807) is 0 Å². The second kappa shape index (κ2) is 8.95. The van der Waals surface area contributed by atoms with E-state index in [2.05, 4.69) is 6.58 Å². The minimum absolute atomic E-state index is 0.343. The van der Waals surface area contributed by atoms with Gasteiger partial charge in [0.2, 0.25) is 0 Å². The lowest BCUT2D eigenvalue weighted by atomic mass is 10.0. The highest BCUT2D eigenvalue weighted by Gasteiger charge is 2.06. The van der Waals surface area contributed by atoms with Crippen molar-refractivity contribution in [3.8, 4) is 0 Å². The van der Waals surface area contributed by atoms with Gasteiger partial charge < -0.3 is 5.73 Å². The molecule has 14 heavy (non-hydrogen) atoms. The van der Waals surface area contributed by atoms with E-state index in [9.17, 15) is 4.79 Å². The second-order valence-corrected chi connectivity index (χ2v) is 3.97. The van der Waals surface area contributed by atoms with Crippen molar-refractivity contribution in [3.63, 3.8) is 0 Å². The summed E-state index contributed by atoms with van der Waals surface area (Å²) in [5.41, 5.74) is 5.45. The molecule has 0 heterocycles. The van der Waals surface area contributed by atoms with Gasteiger partial charge in [-0.2, -0.15) is 0 Å². The predicted octanol–water partition coefficient (Wildman–Crippen LogP) is 2.68. The molecule has 1 unspecified atom stereocenters. The van der Waals surface area contributed by atoms with Crippen LogP contribution in [0.5, 0.6) is 0 Å². The molecule has 0 radical (unpaired) electrons. The van der Waals surface area contributed by atoms with E-state index < -0.39 is 0 Å². The number of unbranched alkanes of at least 4 members (excludes halogenated alkanes) is 3. The lowest BCUT2D eigenvalue weighted by Crippen LogP contribution is -2.14. The van der Waals surface area contributed by atoms with Crippen molar-refractivity contribution >= 4 is 5.78 Å². The van der Waals surface area contributed by atoms with Gasteiger partial charge in [0.15, 0.2) is 0 Å². The molecule has 2 nitrogen and oxygen atoms in total. The molecule has 0 saturated carbocycles. The van der Waals surface area contributed by atoms with Gasteiger partial charge in [0, 0.05) is 12.8 Å². The van der Waals surface area contributed by atoms with Crippen LogP contribution >= 0.6 is 0 Å². The SMILES string of the molecule is C=CCCCCCC(=O)CC(C)CN. The van der Waals surface area contributed by atoms with E-state index in [1.165, 1.54) is 0 Å². The van der Waals surface area contributed by atoms with Crippen LogP contribution in [0.2, 0.25) is 0 Å². The third kappa shape index (κ3) is 7.99. The van der Waals surface area contributed by atoms with Crippen molar-refractivity contribution in [2.75, 3.05) is 6.54 Å². The highest BCUT2D eigenvalue weighted by molar-refractivity contribution is 5.78. The molecular weight excluding hydrogens is 174 g/mol. The number of carbonyl (C=O) groups is 1. The van der Waals surface area contributed by atoms with Crippen LogP contribution < -0.4 is 5.73 Å². The lowest BCUT2D eigenvalue weighted by molar-refractivity contribution is -0.119. The Labute approximate surface area is 87.6 Å². The zero-order valence-corrected chi connectivity index (χ0v) is 9.30. The third-order valence-corrected chi connectivity index (χ3v) is 2.34. The molecule has 2 heteroatoms. The maximum Gasteiger partial charge on any atom is 0.133 e. The van der Waals surface area contributed by atoms with Crippen LogP contribution in [0, 0.1) is 5.92 Å². The Bertz CT molecular complexity index is 166. The molecule has 0 aliphatic heterocycles. The first-order valence-corrected chi connectivity index (χ1v) is 5.53. The molecule has 0 fully saturated rings. The molecule has 82 valence electrons. The summed E-state index contributed by atoms with van der Waals surface area (Å²) in [5, 5.41) is 0. The summed E-state index contributed by atoms with van der Waals surface area (Å²) < 4.78 is 0. The molecule has 0 aromatic rings. The normalized spacial score (nSPS) is 12.4. The molecule has 0 aromatic heterocycles. The number of hydrogen-bond donors (Lipinski definition) is 1. The standard InChI is InChI=1S/C12H23NO/c1-3-4-5-6-7-8-12(14)9-11(2)10-13/h3,11H,1,4-10,13H2,2H3. The molecule has 0 saturated heterocycles. The maximum atomic E-state index is 11.4. The van der Waals surface area contributed by atoms with Gasteiger partial charge in [0.1, 0.15) is 5.78 Å². The number of rotatable bonds is 9. The van der Waals surface area contributed by atoms with Crippen molar-refractivity contribution in [1.82, 2.24) is 0 Å². The van der Waals surface area contributed by atoms with E-state index in [-0.39, 0.29) is 0 Å². The number of carbonyl (C=O) groups excluding carboxylic acids is 1. The average Bonchev–Trinajstić information content (AvgIpc) is 2.17. The van der Waals surface area contributed by atoms with Crippen molar-refractivity contribution < 1.29 is 4.79 Å². The summed E-state index contributed by atoms with van der Waals surface area (Å²) in [6.07, 6.45) is 7.67. The predicted molar refractivity (Wildman–Crippen MR) is 61.1 cm³/mol. The van der Waals surface area contributed by atoms with Gasteiger partial charge in [-0.05, 0) is 31.7 Å². The zero-order valence-electron chi connectivity index (χ0n) is 9.30. The van der Waals surface area contributed by atoms with E-state index in [4.69, 9.17) is 5.73 Å². The smallest absolute Gasteiger partial charge is 0.133 e. The van der Waals surface area contributed by atoms with Crippen molar-refractivity contribution in [2.45, 2.75) is 45.4 Å². The summed E-state index contributed by atoms with van der Waals surface area (Å²) in [6.45, 7) is 6.30. The number of Topliss-reactive ketones (excluding diaryl/α,β-unsaturated/α-hetero) is 1. The summed E-state index contributed by atoms with van der Waals surface area (Å²) >= 11 is 0. The van der Waals surface area contributed by atoms with Crippen molar-refractivity contribution in [1.29, 1.82) is 0 Å². The first kappa shape index (κ1) is 13.4. The van der Waals surface area contributed by atoms with Gasteiger partial charge in [-0.3, -0.25) is 4.79 Å². The number of ketones is 1. The summed E-state index contributed by atoms with van der Waals surface area (Å²) in [6, 6.07) is 0. The van der Waals surface area contributed by atoms with Crippen LogP contribution in [0.3, 0.4) is 0 Å². The second-order valence-electron chi connectivity index (χ2n) is 3.97. The molecule has 0 rings (SSSR count). The maximum absolute atomic E-state index is 11.4. The number of nitrogens with two attached hydrogens (primary N) is 1. The van der Waals surface area contributed by atoms with Crippen molar-refractivity contribution in [3.05, 3.63) is 12.7 Å². The largest absolute Gasteiger partial charge is 0.330 e. The third-order valence-electron chi connectivity index (χ3n) is 2.34. The van der Waals surface area contributed by atoms with Gasteiger partial charge in [0.05, 0.1) is 0 Å². The molecule has 2 N–H and O–H groups in total. The van der Waals surface area contributed by atoms with Crippen LogP contribution in [0.25, 0.3) is 0 Å². The molecule has 0 spiro atoms. The van der Waals surface area contributed by atoms with E-state index in [0.717, 1.165) is 32.1 Å². The molecular formula is C12H23NO. The summed E-state index contributed by atoms with van der Waals surface area (Å²) in [5.74, 6) is 0.706. The Balaban J connectivity index is 3.31. The molecule has 0 amide bonds. The summed E-state index contributed by atoms with van der Waals surface area (Å²) in [4.78, 5) is 11.4. The minimum atomic E-state index is 0.343. The van der Waals surface area contributed by atoms with Crippen LogP contribution in [-0.2, 0) is 4.79 Å². The molecule has 0 aliphatic carbocycles. The molecule has 0 aromatic carbocycles. The van der Waals surface area contributed by atoms with Crippen molar-refractivity contribution in [2.24, 2.45) is 11.7 Å². The highest BCUT2D eigenvalue weighted by Crippen LogP contribution is 2.08. The zero-order chi connectivity index (χ0) is 10.8. The first-order valence-electron chi connectivity index (χ1n) is 5.53. The monoisotopic (exact) mass is 197 g/mol. The lowest BCUT2D eigenvalue weighted by Gasteiger charge is -2.06. The van der Waals surface area contributed by atoms with Gasteiger partial charge >= 0.3 is 0 Å². The highest BCUT2D eigenvalue weighted by atomic mass is 16.1. The van der Waals surface area contributed by atoms with Crippen LogP contribution in [-0.4, -0.2) is 12.3 Å². The Morgan fingerprint density at radius 2 is 2.14 bits per heavy atom. The van der Waals surface area contributed by atoms with E-state index in [0.29, 0.717) is 24.7 Å². The quantitative estimate of drug-likeness (QED) is 0.456. The van der Waals surface area contributed by atoms with Crippen LogP contribution in [0.15, 0.2) is 12.7 Å². The van der Waals surface area contributed by atoms with Crippen LogP contribution in [0.4, 0.5) is 0 Å². The molecule has 0 aliphatic rings. The van der Waals surface area contributed by atoms with Gasteiger partial charge in [-0.15, -0.1) is 6.58 Å². The fourth-order valence-electron chi connectivity index (χ4n) is 1.36. The van der Waals surface area contributed by atoms with Gasteiger partial charge in [0.25, 0.3) is 0 Å². The topological polar surface area (TPSA) is 43.1 Å². The number of hydrogen-bond acceptors (Lipinski definition) is 2. The molecule has 0 bridgehead atoms.